The number of hydrogen-bond acceptors (Lipinski definition) is 4. The van der Waals surface area contributed by atoms with Crippen LogP contribution in [0.3, 0.4) is 0 Å². The van der Waals surface area contributed by atoms with Crippen molar-refractivity contribution in [1.82, 2.24) is 15.1 Å². The van der Waals surface area contributed by atoms with Gasteiger partial charge in [0.1, 0.15) is 11.4 Å². The number of halogens is 3. The fourth-order valence-corrected chi connectivity index (χ4v) is 3.88. The number of alkyl halides is 3. The Morgan fingerprint density at radius 2 is 2.06 bits per heavy atom. The number of hydrogen-bond donors (Lipinski definition) is 2. The van der Waals surface area contributed by atoms with Gasteiger partial charge in [0, 0.05) is 30.5 Å². The highest BCUT2D eigenvalue weighted by atomic mass is 19.4. The first kappa shape index (κ1) is 26.6. The summed E-state index contributed by atoms with van der Waals surface area (Å²) < 4.78 is 40.1. The molecule has 182 valence electrons. The molecule has 0 aliphatic carbocycles. The highest BCUT2D eigenvalue weighted by molar-refractivity contribution is 5.90. The largest absolute Gasteiger partial charge is 0.506 e. The van der Waals surface area contributed by atoms with Crippen LogP contribution >= 0.6 is 0 Å². The molecule has 0 amide bonds. The fraction of sp³-hybridized carbons (Fsp3) is 0.520. The van der Waals surface area contributed by atoms with E-state index in [2.05, 4.69) is 30.8 Å². The van der Waals surface area contributed by atoms with E-state index in [1.165, 1.54) is 12.1 Å². The number of nitrogens with one attached hydrogen (secondary N) is 1. The highest BCUT2D eigenvalue weighted by Gasteiger charge is 2.32. The molecular formula is C25H34F3N3O2. The first-order valence-corrected chi connectivity index (χ1v) is 11.5. The smallest absolute Gasteiger partial charge is 0.416 e. The summed E-state index contributed by atoms with van der Waals surface area (Å²) in [4.78, 5) is 10.6. The van der Waals surface area contributed by atoms with Crippen molar-refractivity contribution in [3.8, 4) is 11.4 Å². The lowest BCUT2D eigenvalue weighted by atomic mass is 9.95. The van der Waals surface area contributed by atoms with Crippen molar-refractivity contribution >= 4 is 5.78 Å². The van der Waals surface area contributed by atoms with Crippen LogP contribution in [0.25, 0.3) is 5.69 Å². The second-order valence-corrected chi connectivity index (χ2v) is 8.25. The number of benzene rings is 1. The van der Waals surface area contributed by atoms with E-state index < -0.39 is 17.5 Å². The summed E-state index contributed by atoms with van der Waals surface area (Å²) in [7, 11) is 0. The average Bonchev–Trinajstić information content (AvgIpc) is 3.16. The van der Waals surface area contributed by atoms with E-state index >= 15 is 0 Å². The monoisotopic (exact) mass is 465 g/mol. The van der Waals surface area contributed by atoms with Crippen molar-refractivity contribution in [2.45, 2.75) is 72.0 Å². The lowest BCUT2D eigenvalue weighted by Crippen LogP contribution is -2.30. The number of aromatic nitrogens is 2. The van der Waals surface area contributed by atoms with Gasteiger partial charge in [0.2, 0.25) is 0 Å². The Morgan fingerprint density at radius 1 is 1.36 bits per heavy atom. The molecule has 0 bridgehead atoms. The van der Waals surface area contributed by atoms with Crippen molar-refractivity contribution in [3.63, 3.8) is 0 Å². The number of carbonyl (C=O) groups excluding carboxylic acids is 1. The Morgan fingerprint density at radius 3 is 2.55 bits per heavy atom. The Balaban J connectivity index is 0.000000414. The van der Waals surface area contributed by atoms with Crippen molar-refractivity contribution in [3.05, 3.63) is 53.4 Å². The van der Waals surface area contributed by atoms with Gasteiger partial charge >= 0.3 is 6.18 Å². The summed E-state index contributed by atoms with van der Waals surface area (Å²) in [5.74, 6) is -0.102. The van der Waals surface area contributed by atoms with Gasteiger partial charge in [0.25, 0.3) is 0 Å². The van der Waals surface area contributed by atoms with E-state index in [0.717, 1.165) is 67.7 Å². The number of aromatic hydroxyl groups is 1. The van der Waals surface area contributed by atoms with E-state index in [-0.39, 0.29) is 17.7 Å². The van der Waals surface area contributed by atoms with E-state index in [4.69, 9.17) is 0 Å². The molecule has 2 atom stereocenters. The van der Waals surface area contributed by atoms with E-state index in [9.17, 15) is 23.1 Å². The number of phenolic OH excluding ortho intramolecular Hbond substituents is 1. The molecule has 1 aliphatic rings. The Kier molecular flexibility index (Phi) is 9.28. The summed E-state index contributed by atoms with van der Waals surface area (Å²) >= 11 is 0. The zero-order valence-corrected chi connectivity index (χ0v) is 19.8. The molecule has 2 unspecified atom stereocenters. The molecule has 2 N–H and O–H groups in total. The van der Waals surface area contributed by atoms with E-state index in [1.54, 1.807) is 4.68 Å². The van der Waals surface area contributed by atoms with Crippen LogP contribution in [0.2, 0.25) is 0 Å². The number of nitrogens with zero attached hydrogens (tertiary/aromatic N) is 2. The number of fused-ring (bicyclic) bond motifs is 1. The number of allylic oxidation sites excluding steroid dienone is 1. The number of phenols is 1. The zero-order valence-electron chi connectivity index (χ0n) is 19.8. The maximum absolute atomic E-state index is 12.8. The predicted molar refractivity (Wildman–Crippen MR) is 124 cm³/mol. The molecule has 3 rings (SSSR count). The van der Waals surface area contributed by atoms with Gasteiger partial charge in [-0.15, -0.1) is 0 Å². The topological polar surface area (TPSA) is 67.2 Å². The van der Waals surface area contributed by atoms with Crippen LogP contribution in [0.1, 0.15) is 75.5 Å². The summed E-state index contributed by atoms with van der Waals surface area (Å²) in [5, 5.41) is 18.3. The molecule has 0 fully saturated rings. The van der Waals surface area contributed by atoms with Crippen molar-refractivity contribution in [2.75, 3.05) is 6.54 Å². The first-order valence-electron chi connectivity index (χ1n) is 11.5. The van der Waals surface area contributed by atoms with Gasteiger partial charge in [0.05, 0.1) is 17.0 Å². The van der Waals surface area contributed by atoms with Gasteiger partial charge in [0.15, 0.2) is 5.78 Å². The predicted octanol–water partition coefficient (Wildman–Crippen LogP) is 5.93. The highest BCUT2D eigenvalue weighted by Crippen LogP contribution is 2.36. The van der Waals surface area contributed by atoms with Crippen LogP contribution in [-0.2, 0) is 23.8 Å². The molecule has 8 heteroatoms. The van der Waals surface area contributed by atoms with Crippen LogP contribution in [0, 0.1) is 5.92 Å². The van der Waals surface area contributed by atoms with Crippen LogP contribution in [0.5, 0.6) is 5.75 Å². The van der Waals surface area contributed by atoms with E-state index in [1.807, 2.05) is 13.8 Å². The standard InChI is InChI=1S/C18H22F3N3O.C7H12O/c1-3-5-13-17-12(4-2)22-9-8-15(17)24(23-13)14-7-6-11(10-16(14)25)18(19,20)21;1-4-6(3)7(8)5-2/h6-7,10,12,22,25H,3-5,8-9H2,1-2H3;5-6H,2,4H2,1,3H3. The van der Waals surface area contributed by atoms with Gasteiger partial charge in [-0.1, -0.05) is 40.7 Å². The summed E-state index contributed by atoms with van der Waals surface area (Å²) in [6, 6.07) is 3.24. The Labute approximate surface area is 193 Å². The summed E-state index contributed by atoms with van der Waals surface area (Å²) in [6.07, 6.45) is 1.17. The molecule has 33 heavy (non-hydrogen) atoms. The van der Waals surface area contributed by atoms with Crippen molar-refractivity contribution in [2.24, 2.45) is 5.92 Å². The molecule has 0 spiro atoms. The Bertz CT molecular complexity index is 967. The number of carbonyl (C=O) groups is 1. The third-order valence-corrected chi connectivity index (χ3v) is 5.92. The van der Waals surface area contributed by atoms with Crippen LogP contribution in [-0.4, -0.2) is 27.2 Å². The average molecular weight is 466 g/mol. The van der Waals surface area contributed by atoms with Gasteiger partial charge in [-0.3, -0.25) is 4.79 Å². The Hall–Kier alpha value is -2.61. The molecular weight excluding hydrogens is 431 g/mol. The molecule has 5 nitrogen and oxygen atoms in total. The minimum atomic E-state index is -4.48. The molecule has 2 aromatic rings. The maximum atomic E-state index is 12.8. The normalized spacial score (nSPS) is 16.4. The lowest BCUT2D eigenvalue weighted by Gasteiger charge is -2.24. The number of ketones is 1. The van der Waals surface area contributed by atoms with Crippen LogP contribution < -0.4 is 5.32 Å². The van der Waals surface area contributed by atoms with Gasteiger partial charge < -0.3 is 10.4 Å². The van der Waals surface area contributed by atoms with Gasteiger partial charge in [-0.05, 0) is 43.5 Å². The maximum Gasteiger partial charge on any atom is 0.416 e. The summed E-state index contributed by atoms with van der Waals surface area (Å²) in [5.41, 5.74) is 2.50. The second kappa shape index (κ2) is 11.5. The van der Waals surface area contributed by atoms with Gasteiger partial charge in [-0.25, -0.2) is 4.68 Å². The molecule has 1 aromatic carbocycles. The minimum Gasteiger partial charge on any atom is -0.506 e. The minimum absolute atomic E-state index is 0.146. The third kappa shape index (κ3) is 6.25. The second-order valence-electron chi connectivity index (χ2n) is 8.25. The first-order chi connectivity index (χ1) is 15.6. The van der Waals surface area contributed by atoms with Crippen molar-refractivity contribution in [1.29, 1.82) is 0 Å². The molecule has 0 saturated heterocycles. The van der Waals surface area contributed by atoms with Crippen molar-refractivity contribution < 1.29 is 23.1 Å². The van der Waals surface area contributed by atoms with Crippen LogP contribution in [0.4, 0.5) is 13.2 Å². The fourth-order valence-electron chi connectivity index (χ4n) is 3.88. The molecule has 2 heterocycles. The summed E-state index contributed by atoms with van der Waals surface area (Å²) in [6.45, 7) is 12.2. The quantitative estimate of drug-likeness (QED) is 0.497. The molecule has 1 aromatic heterocycles. The zero-order chi connectivity index (χ0) is 24.8. The van der Waals surface area contributed by atoms with E-state index in [0.29, 0.717) is 5.69 Å². The number of rotatable bonds is 7. The molecule has 1 aliphatic heterocycles. The lowest BCUT2D eigenvalue weighted by molar-refractivity contribution is -0.137. The number of aryl methyl sites for hydroxylation is 1. The van der Waals surface area contributed by atoms with Crippen LogP contribution in [0.15, 0.2) is 30.9 Å². The molecule has 0 radical (unpaired) electrons. The SMILES string of the molecule is C=CC(=O)C(C)CC.CCCc1nn(-c2ccc(C(F)(F)F)cc2O)c2c1C(CC)NCC2. The third-order valence-electron chi connectivity index (χ3n) is 5.92. The van der Waals surface area contributed by atoms with Gasteiger partial charge in [-0.2, -0.15) is 18.3 Å². The molecule has 0 saturated carbocycles.